The molecule has 0 aliphatic carbocycles. The normalized spacial score (nSPS) is 19.0. The fourth-order valence-electron chi connectivity index (χ4n) is 3.22. The van der Waals surface area contributed by atoms with E-state index < -0.39 is 0 Å². The van der Waals surface area contributed by atoms with E-state index in [1.807, 2.05) is 30.0 Å². The van der Waals surface area contributed by atoms with Crippen molar-refractivity contribution in [1.82, 2.24) is 4.90 Å². The highest BCUT2D eigenvalue weighted by atomic mass is 19.1. The lowest BCUT2D eigenvalue weighted by molar-refractivity contribution is -0.134. The molecule has 1 aliphatic rings. The number of amides is 1. The first kappa shape index (κ1) is 14.1. The Bertz CT molecular complexity index is 667. The molecule has 0 radical (unpaired) electrons. The maximum Gasteiger partial charge on any atom is 0.222 e. The number of fused-ring (bicyclic) bond motifs is 1. The highest BCUT2D eigenvalue weighted by molar-refractivity contribution is 5.83. The predicted octanol–water partition coefficient (Wildman–Crippen LogP) is 4.44. The number of carbonyl (C=O) groups is 1. The molecular weight excluding hydrogens is 265 g/mol. The van der Waals surface area contributed by atoms with E-state index in [0.29, 0.717) is 6.42 Å². The van der Waals surface area contributed by atoms with Crippen LogP contribution in [0.2, 0.25) is 0 Å². The third-order valence-electron chi connectivity index (χ3n) is 4.34. The first-order chi connectivity index (χ1) is 10.2. The van der Waals surface area contributed by atoms with Crippen LogP contribution in [0.15, 0.2) is 36.4 Å². The molecule has 1 saturated heterocycles. The second-order valence-electron chi connectivity index (χ2n) is 5.70. The molecule has 2 aromatic rings. The van der Waals surface area contributed by atoms with Gasteiger partial charge in [0.15, 0.2) is 0 Å². The largest absolute Gasteiger partial charge is 0.336 e. The lowest BCUT2D eigenvalue weighted by atomic mass is 9.93. The van der Waals surface area contributed by atoms with E-state index in [0.717, 1.165) is 42.1 Å². The van der Waals surface area contributed by atoms with Crippen LogP contribution in [0, 0.1) is 5.82 Å². The number of benzene rings is 2. The molecule has 0 bridgehead atoms. The van der Waals surface area contributed by atoms with Crippen LogP contribution in [0.4, 0.5) is 4.39 Å². The molecule has 3 heteroatoms. The molecule has 2 nitrogen and oxygen atoms in total. The van der Waals surface area contributed by atoms with Crippen LogP contribution in [-0.2, 0) is 4.79 Å². The molecule has 3 rings (SSSR count). The van der Waals surface area contributed by atoms with Crippen molar-refractivity contribution < 1.29 is 9.18 Å². The van der Waals surface area contributed by atoms with Crippen molar-refractivity contribution in [2.24, 2.45) is 0 Å². The molecule has 1 amide bonds. The van der Waals surface area contributed by atoms with Crippen molar-refractivity contribution in [3.05, 3.63) is 47.8 Å². The van der Waals surface area contributed by atoms with Gasteiger partial charge in [0.05, 0.1) is 6.04 Å². The van der Waals surface area contributed by atoms with Crippen LogP contribution < -0.4 is 0 Å². The summed E-state index contributed by atoms with van der Waals surface area (Å²) >= 11 is 0. The summed E-state index contributed by atoms with van der Waals surface area (Å²) in [7, 11) is 0. The smallest absolute Gasteiger partial charge is 0.222 e. The summed E-state index contributed by atoms with van der Waals surface area (Å²) < 4.78 is 13.3. The Morgan fingerprint density at radius 1 is 1.19 bits per heavy atom. The third kappa shape index (κ3) is 2.78. The minimum atomic E-state index is -0.212. The second kappa shape index (κ2) is 5.84. The first-order valence-corrected chi connectivity index (χ1v) is 7.67. The van der Waals surface area contributed by atoms with Crippen molar-refractivity contribution in [3.8, 4) is 0 Å². The van der Waals surface area contributed by atoms with Gasteiger partial charge in [0, 0.05) is 13.0 Å². The molecule has 0 spiro atoms. The lowest BCUT2D eigenvalue weighted by Gasteiger charge is -2.36. The van der Waals surface area contributed by atoms with Crippen molar-refractivity contribution in [3.63, 3.8) is 0 Å². The highest BCUT2D eigenvalue weighted by Crippen LogP contribution is 2.33. The summed E-state index contributed by atoms with van der Waals surface area (Å²) in [5, 5.41) is 1.94. The van der Waals surface area contributed by atoms with Gasteiger partial charge in [-0.05, 0) is 53.8 Å². The Balaban J connectivity index is 1.97. The van der Waals surface area contributed by atoms with E-state index in [2.05, 4.69) is 6.07 Å². The topological polar surface area (TPSA) is 20.3 Å². The quantitative estimate of drug-likeness (QED) is 0.798. The molecule has 0 N–H and O–H groups in total. The van der Waals surface area contributed by atoms with Gasteiger partial charge in [-0.3, -0.25) is 4.79 Å². The van der Waals surface area contributed by atoms with Crippen LogP contribution >= 0.6 is 0 Å². The van der Waals surface area contributed by atoms with Gasteiger partial charge in [0.2, 0.25) is 5.91 Å². The van der Waals surface area contributed by atoms with Gasteiger partial charge in [-0.2, -0.15) is 0 Å². The van der Waals surface area contributed by atoms with E-state index in [1.54, 1.807) is 6.07 Å². The molecule has 110 valence electrons. The minimum absolute atomic E-state index is 0.167. The zero-order valence-corrected chi connectivity index (χ0v) is 12.3. The van der Waals surface area contributed by atoms with Crippen LogP contribution in [0.1, 0.15) is 44.2 Å². The maximum atomic E-state index is 13.3. The summed E-state index contributed by atoms with van der Waals surface area (Å²) in [6.07, 6.45) is 3.80. The van der Waals surface area contributed by atoms with Gasteiger partial charge in [-0.15, -0.1) is 0 Å². The molecule has 21 heavy (non-hydrogen) atoms. The minimum Gasteiger partial charge on any atom is -0.336 e. The standard InChI is InChI=1S/C18H20FNO/c1-2-18(21)20-10-4-3-5-17(20)15-7-6-14-12-16(19)9-8-13(14)11-15/h6-9,11-12,17H,2-5,10H2,1H3. The first-order valence-electron chi connectivity index (χ1n) is 7.67. The Morgan fingerprint density at radius 3 is 2.76 bits per heavy atom. The van der Waals surface area contributed by atoms with Crippen molar-refractivity contribution in [2.75, 3.05) is 6.54 Å². The van der Waals surface area contributed by atoms with Gasteiger partial charge >= 0.3 is 0 Å². The Labute approximate surface area is 124 Å². The number of hydrogen-bond donors (Lipinski definition) is 0. The number of piperidine rings is 1. The van der Waals surface area contributed by atoms with Crippen molar-refractivity contribution in [2.45, 2.75) is 38.6 Å². The highest BCUT2D eigenvalue weighted by Gasteiger charge is 2.26. The van der Waals surface area contributed by atoms with Crippen LogP contribution in [-0.4, -0.2) is 17.4 Å². The average molecular weight is 285 g/mol. The number of hydrogen-bond acceptors (Lipinski definition) is 1. The van der Waals surface area contributed by atoms with E-state index in [9.17, 15) is 9.18 Å². The zero-order valence-electron chi connectivity index (χ0n) is 12.3. The molecule has 1 aliphatic heterocycles. The fourth-order valence-corrected chi connectivity index (χ4v) is 3.22. The molecular formula is C18H20FNO. The SMILES string of the molecule is CCC(=O)N1CCCCC1c1ccc2cc(F)ccc2c1. The summed E-state index contributed by atoms with van der Waals surface area (Å²) in [4.78, 5) is 14.1. The summed E-state index contributed by atoms with van der Waals surface area (Å²) in [6, 6.07) is 11.1. The van der Waals surface area contributed by atoms with Gasteiger partial charge in [-0.1, -0.05) is 25.1 Å². The maximum absolute atomic E-state index is 13.3. The van der Waals surface area contributed by atoms with Gasteiger partial charge in [0.1, 0.15) is 5.82 Å². The van der Waals surface area contributed by atoms with Crippen molar-refractivity contribution >= 4 is 16.7 Å². The van der Waals surface area contributed by atoms with Gasteiger partial charge in [0.25, 0.3) is 0 Å². The van der Waals surface area contributed by atoms with Crippen molar-refractivity contribution in [1.29, 1.82) is 0 Å². The molecule has 0 aromatic heterocycles. The Morgan fingerprint density at radius 2 is 1.95 bits per heavy atom. The predicted molar refractivity (Wildman–Crippen MR) is 82.5 cm³/mol. The van der Waals surface area contributed by atoms with Gasteiger partial charge in [-0.25, -0.2) is 4.39 Å². The molecule has 1 unspecified atom stereocenters. The van der Waals surface area contributed by atoms with E-state index in [1.165, 1.54) is 6.07 Å². The summed E-state index contributed by atoms with van der Waals surface area (Å²) in [5.74, 6) is 0.00890. The van der Waals surface area contributed by atoms with Crippen LogP contribution in [0.5, 0.6) is 0 Å². The number of carbonyl (C=O) groups excluding carboxylic acids is 1. The fraction of sp³-hybridized carbons (Fsp3) is 0.389. The van der Waals surface area contributed by atoms with Crippen LogP contribution in [0.25, 0.3) is 10.8 Å². The summed E-state index contributed by atoms with van der Waals surface area (Å²) in [5.41, 5.74) is 1.16. The number of halogens is 1. The molecule has 2 aromatic carbocycles. The van der Waals surface area contributed by atoms with E-state index >= 15 is 0 Å². The molecule has 1 atom stereocenters. The number of nitrogens with zero attached hydrogens (tertiary/aromatic N) is 1. The van der Waals surface area contributed by atoms with Crippen LogP contribution in [0.3, 0.4) is 0 Å². The molecule has 0 saturated carbocycles. The summed E-state index contributed by atoms with van der Waals surface area (Å²) in [6.45, 7) is 2.76. The average Bonchev–Trinajstić information content (AvgIpc) is 2.53. The van der Waals surface area contributed by atoms with E-state index in [-0.39, 0.29) is 17.8 Å². The molecule has 1 fully saturated rings. The Hall–Kier alpha value is -1.90. The lowest BCUT2D eigenvalue weighted by Crippen LogP contribution is -2.38. The Kier molecular flexibility index (Phi) is 3.91. The van der Waals surface area contributed by atoms with Gasteiger partial charge < -0.3 is 4.90 Å². The zero-order chi connectivity index (χ0) is 14.8. The second-order valence-corrected chi connectivity index (χ2v) is 5.70. The number of rotatable bonds is 2. The monoisotopic (exact) mass is 285 g/mol. The third-order valence-corrected chi connectivity index (χ3v) is 4.34. The number of likely N-dealkylation sites (tertiary alicyclic amines) is 1. The van der Waals surface area contributed by atoms with E-state index in [4.69, 9.17) is 0 Å². The molecule has 1 heterocycles.